The zero-order valence-corrected chi connectivity index (χ0v) is 14.1. The average molecular weight is 469 g/mol. The summed E-state index contributed by atoms with van der Waals surface area (Å²) in [7, 11) is -2.13. The summed E-state index contributed by atoms with van der Waals surface area (Å²) in [5.74, 6) is 0. The molecule has 0 bridgehead atoms. The van der Waals surface area contributed by atoms with Crippen LogP contribution in [0.2, 0.25) is 0 Å². The molecule has 89 valence electrons. The Morgan fingerprint density at radius 2 is 1.29 bits per heavy atom. The van der Waals surface area contributed by atoms with Gasteiger partial charge in [0.25, 0.3) is 8.27 Å². The molecule has 0 aromatic carbocycles. The van der Waals surface area contributed by atoms with Crippen molar-refractivity contribution in [3.8, 4) is 0 Å². The standard InChI is InChI=1S/4CH4.H6N4Si3.H3OP.Pb.H/c;;;;1-5-7(4)6(2)3;1-2;;/h4*1H4;1-2,4-5H,3H2;1H,2H2;;. The van der Waals surface area contributed by atoms with Gasteiger partial charge in [-0.25, -0.2) is 0 Å². The van der Waals surface area contributed by atoms with Gasteiger partial charge in [0, 0.05) is 0 Å². The Morgan fingerprint density at radius 1 is 1.07 bits per heavy atom. The van der Waals surface area contributed by atoms with Crippen molar-refractivity contribution in [2.75, 3.05) is 0 Å². The zero-order valence-electron chi connectivity index (χ0n) is 5.26. The minimum absolute atomic E-state index is 0. The summed E-state index contributed by atoms with van der Waals surface area (Å²) < 4.78 is 0. The first kappa shape index (κ1) is 45.6. The molecular weight excluding hydrogens is 443 g/mol. The maximum atomic E-state index is 6.96. The molecule has 10 heteroatoms. The molecule has 3 radical (unpaired) electrons. The van der Waals surface area contributed by atoms with E-state index in [2.05, 4.69) is 0 Å². The molecule has 0 heterocycles. The van der Waals surface area contributed by atoms with E-state index in [1.165, 1.54) is 9.47 Å². The van der Waals surface area contributed by atoms with Crippen LogP contribution in [0.4, 0.5) is 0 Å². The third-order valence-electron chi connectivity index (χ3n) is 0.435. The van der Waals surface area contributed by atoms with Gasteiger partial charge in [0.05, 0.1) is 0 Å². The van der Waals surface area contributed by atoms with E-state index in [0.29, 0.717) is 0 Å². The van der Waals surface area contributed by atoms with Crippen LogP contribution in [0.1, 0.15) is 29.7 Å². The van der Waals surface area contributed by atoms with Crippen molar-refractivity contribution in [3.63, 3.8) is 0 Å². The molecule has 1 atom stereocenters. The average Bonchev–Trinajstić information content (AvgIpc) is 1.91. The number of nitrogens with two attached hydrogens (primary N) is 1. The summed E-state index contributed by atoms with van der Waals surface area (Å²) in [6, 6.07) is 0. The van der Waals surface area contributed by atoms with Crippen LogP contribution in [-0.4, -0.2) is 56.9 Å². The third-order valence-corrected chi connectivity index (χ3v) is 8.01. The molecule has 0 rings (SSSR count). The summed E-state index contributed by atoms with van der Waals surface area (Å²) in [4.78, 5) is 6.92. The molecule has 0 saturated carbocycles. The Kier molecular flexibility index (Phi) is 120. The van der Waals surface area contributed by atoms with E-state index in [1.54, 1.807) is 0 Å². The molecule has 0 aliphatic carbocycles. The van der Waals surface area contributed by atoms with Gasteiger partial charge in [0.2, 0.25) is 0 Å². The number of rotatable bonds is 2. The second kappa shape index (κ2) is 36.8. The molecule has 0 amide bonds. The molecule has 0 spiro atoms. The third kappa shape index (κ3) is 38.0. The van der Waals surface area contributed by atoms with Crippen LogP contribution in [0, 0.1) is 15.2 Å². The molecule has 0 aliphatic rings. The molecule has 5 nitrogen and oxygen atoms in total. The molecule has 6 N–H and O–H groups in total. The number of hydrogen-bond donors (Lipinski definition) is 5. The van der Waals surface area contributed by atoms with E-state index in [-0.39, 0.29) is 57.0 Å². The van der Waals surface area contributed by atoms with Crippen LogP contribution >= 0.6 is 9.47 Å². The van der Waals surface area contributed by atoms with E-state index in [0.717, 1.165) is 0 Å². The van der Waals surface area contributed by atoms with Gasteiger partial charge in [0.1, 0.15) is 8.83 Å². The normalized spacial score (nSPS) is 4.14. The molecular formula is C4H26N4OPPbSi3. The van der Waals surface area contributed by atoms with Crippen LogP contribution in [0.3, 0.4) is 0 Å². The predicted octanol–water partition coefficient (Wildman–Crippen LogP) is 0.558. The van der Waals surface area contributed by atoms with Crippen LogP contribution in [0.15, 0.2) is 0 Å². The van der Waals surface area contributed by atoms with Crippen molar-refractivity contribution in [1.82, 2.24) is 0 Å². The fourth-order valence-corrected chi connectivity index (χ4v) is 2.10. The van der Waals surface area contributed by atoms with Crippen LogP contribution in [0.5, 0.6) is 0 Å². The summed E-state index contributed by atoms with van der Waals surface area (Å²) in [6.45, 7) is 0. The topological polar surface area (TPSA) is 118 Å². The van der Waals surface area contributed by atoms with Crippen molar-refractivity contribution in [3.05, 3.63) is 0 Å². The molecule has 14 heavy (non-hydrogen) atoms. The Balaban J connectivity index is -0.0000000132. The first-order chi connectivity index (χ1) is 4.18. The maximum absolute atomic E-state index is 6.96. The first-order valence-electron chi connectivity index (χ1n) is 1.87. The SMILES string of the molecule is C.C.C.C.N=[SiH][Si](=N)[Si](=N)N.OP.[PbH]. The second-order valence-corrected chi connectivity index (χ2v) is 10.5. The molecule has 0 aromatic rings. The van der Waals surface area contributed by atoms with Crippen molar-refractivity contribution >= 4 is 61.5 Å². The Labute approximate surface area is 116 Å². The predicted molar refractivity (Wildman–Crippen MR) is 77.0 cm³/mol. The van der Waals surface area contributed by atoms with Crippen LogP contribution < -0.4 is 5.40 Å². The Hall–Kier alpha value is 1.16. The summed E-state index contributed by atoms with van der Waals surface area (Å²) >= 11 is 0. The molecule has 0 saturated heterocycles. The van der Waals surface area contributed by atoms with Gasteiger partial charge in [-0.3, -0.25) is 0 Å². The van der Waals surface area contributed by atoms with Crippen molar-refractivity contribution in [2.45, 2.75) is 29.7 Å². The molecule has 0 aromatic heterocycles. The van der Waals surface area contributed by atoms with Crippen LogP contribution in [-0.2, 0) is 0 Å². The Bertz CT molecular complexity index is 140. The van der Waals surface area contributed by atoms with Crippen LogP contribution in [0.25, 0.3) is 0 Å². The number of hydrogen-bond acceptors (Lipinski definition) is 4. The van der Waals surface area contributed by atoms with E-state index >= 15 is 0 Å². The van der Waals surface area contributed by atoms with Gasteiger partial charge < -0.3 is 25.4 Å². The van der Waals surface area contributed by atoms with Crippen molar-refractivity contribution in [1.29, 1.82) is 15.2 Å². The molecule has 0 aliphatic heterocycles. The minimum atomic E-state index is -1.60. The summed E-state index contributed by atoms with van der Waals surface area (Å²) in [5, 5.41) is 25.6. The van der Waals surface area contributed by atoms with Gasteiger partial charge in [-0.05, 0) is 9.47 Å². The molecule has 1 unspecified atom stereocenters. The van der Waals surface area contributed by atoms with Gasteiger partial charge in [0.15, 0.2) is 7.62 Å². The summed E-state index contributed by atoms with van der Waals surface area (Å²) in [6.07, 6.45) is 0. The van der Waals surface area contributed by atoms with Crippen molar-refractivity contribution < 1.29 is 4.89 Å². The second-order valence-electron chi connectivity index (χ2n) is 0.972. The first-order valence-corrected chi connectivity index (χ1v) is 8.85. The zero-order chi connectivity index (χ0) is 7.86. The van der Waals surface area contributed by atoms with E-state index in [4.69, 9.17) is 25.4 Å². The molecule has 0 fully saturated rings. The van der Waals surface area contributed by atoms with Gasteiger partial charge in [-0.1, -0.05) is 29.7 Å². The number of nitrogens with one attached hydrogen (secondary N) is 3. The van der Waals surface area contributed by atoms with Gasteiger partial charge in [-0.2, -0.15) is 0 Å². The van der Waals surface area contributed by atoms with E-state index < -0.39 is 24.7 Å². The van der Waals surface area contributed by atoms with Gasteiger partial charge >= 0.3 is 27.3 Å². The fraction of sp³-hybridized carbons (Fsp3) is 1.00. The Morgan fingerprint density at radius 3 is 1.29 bits per heavy atom. The fourth-order valence-electron chi connectivity index (χ4n) is 0.0778. The van der Waals surface area contributed by atoms with Crippen molar-refractivity contribution in [2.24, 2.45) is 5.40 Å². The summed E-state index contributed by atoms with van der Waals surface area (Å²) in [5.41, 5.74) is 0. The monoisotopic (exact) mass is 469 g/mol. The van der Waals surface area contributed by atoms with Gasteiger partial charge in [-0.15, -0.1) is 0 Å². The van der Waals surface area contributed by atoms with E-state index in [1.807, 2.05) is 0 Å². The van der Waals surface area contributed by atoms with E-state index in [9.17, 15) is 0 Å². The quantitative estimate of drug-likeness (QED) is 0.301.